The van der Waals surface area contributed by atoms with E-state index >= 15 is 0 Å². The summed E-state index contributed by atoms with van der Waals surface area (Å²) >= 11 is 5.84. The van der Waals surface area contributed by atoms with E-state index in [0.29, 0.717) is 12.2 Å². The fourth-order valence-corrected chi connectivity index (χ4v) is 2.19. The maximum atomic E-state index is 11.7. The lowest BCUT2D eigenvalue weighted by Gasteiger charge is -2.04. The molecular weight excluding hydrogens is 288 g/mol. The van der Waals surface area contributed by atoms with E-state index in [1.165, 1.54) is 5.56 Å². The number of carbonyl (C=O) groups is 1. The molecule has 0 fully saturated rings. The number of nitrogens with zero attached hydrogens (tertiary/aromatic N) is 1. The summed E-state index contributed by atoms with van der Waals surface area (Å²) < 4.78 is 4.93. The molecule has 4 nitrogen and oxygen atoms in total. The van der Waals surface area contributed by atoms with Crippen molar-refractivity contribution in [2.24, 2.45) is 0 Å². The van der Waals surface area contributed by atoms with E-state index in [-0.39, 0.29) is 12.3 Å². The minimum absolute atomic E-state index is 0.0187. The van der Waals surface area contributed by atoms with Crippen molar-refractivity contribution in [2.45, 2.75) is 32.6 Å². The van der Waals surface area contributed by atoms with Crippen molar-refractivity contribution in [3.05, 3.63) is 52.4 Å². The van der Waals surface area contributed by atoms with Crippen molar-refractivity contribution in [1.29, 1.82) is 0 Å². The van der Waals surface area contributed by atoms with Gasteiger partial charge >= 0.3 is 0 Å². The predicted octanol–water partition coefficient (Wildman–Crippen LogP) is 3.32. The van der Waals surface area contributed by atoms with E-state index in [0.717, 1.165) is 30.0 Å². The fraction of sp³-hybridized carbons (Fsp3) is 0.375. The summed E-state index contributed by atoms with van der Waals surface area (Å²) in [5, 5.41) is 7.45. The van der Waals surface area contributed by atoms with Crippen LogP contribution < -0.4 is 5.32 Å². The van der Waals surface area contributed by atoms with Gasteiger partial charge in [0.1, 0.15) is 5.76 Å². The van der Waals surface area contributed by atoms with Gasteiger partial charge in [0.25, 0.3) is 0 Å². The molecule has 0 bridgehead atoms. The molecule has 0 aliphatic carbocycles. The van der Waals surface area contributed by atoms with E-state index in [4.69, 9.17) is 16.1 Å². The number of hydrogen-bond donors (Lipinski definition) is 1. The molecule has 0 aliphatic rings. The molecule has 1 aromatic heterocycles. The molecular formula is C16H19ClN2O2. The first-order valence-electron chi connectivity index (χ1n) is 7.07. The van der Waals surface area contributed by atoms with Crippen molar-refractivity contribution in [3.8, 4) is 0 Å². The van der Waals surface area contributed by atoms with Crippen LogP contribution in [0.5, 0.6) is 0 Å². The van der Waals surface area contributed by atoms with Gasteiger partial charge in [-0.25, -0.2) is 0 Å². The van der Waals surface area contributed by atoms with Gasteiger partial charge < -0.3 is 9.84 Å². The third kappa shape index (κ3) is 5.60. The van der Waals surface area contributed by atoms with Gasteiger partial charge in [-0.05, 0) is 43.9 Å². The zero-order chi connectivity index (χ0) is 15.1. The standard InChI is InChI=1S/C16H19ClN2O2/c1-12-10-15(19-21-12)11-16(20)18-9-3-2-4-13-5-7-14(17)8-6-13/h5-8,10H,2-4,9,11H2,1H3,(H,18,20). The van der Waals surface area contributed by atoms with Crippen molar-refractivity contribution >= 4 is 17.5 Å². The minimum atomic E-state index is -0.0187. The lowest BCUT2D eigenvalue weighted by Crippen LogP contribution is -2.26. The summed E-state index contributed by atoms with van der Waals surface area (Å²) in [5.74, 6) is 0.704. The summed E-state index contributed by atoms with van der Waals surface area (Å²) in [4.78, 5) is 11.7. The molecule has 2 aromatic rings. The molecule has 0 saturated carbocycles. The van der Waals surface area contributed by atoms with E-state index in [2.05, 4.69) is 10.5 Å². The summed E-state index contributed by atoms with van der Waals surface area (Å²) in [6, 6.07) is 9.65. The third-order valence-electron chi connectivity index (χ3n) is 3.15. The minimum Gasteiger partial charge on any atom is -0.361 e. The Balaban J connectivity index is 1.59. The first kappa shape index (κ1) is 15.6. The zero-order valence-electron chi connectivity index (χ0n) is 12.1. The van der Waals surface area contributed by atoms with Crippen LogP contribution in [0.2, 0.25) is 5.02 Å². The van der Waals surface area contributed by atoms with Gasteiger partial charge in [-0.2, -0.15) is 0 Å². The second-order valence-corrected chi connectivity index (χ2v) is 5.48. The number of aromatic nitrogens is 1. The first-order chi connectivity index (χ1) is 10.1. The van der Waals surface area contributed by atoms with E-state index in [1.54, 1.807) is 6.07 Å². The Morgan fingerprint density at radius 3 is 2.71 bits per heavy atom. The van der Waals surface area contributed by atoms with Crippen LogP contribution in [0.15, 0.2) is 34.9 Å². The van der Waals surface area contributed by atoms with Gasteiger partial charge in [0, 0.05) is 17.6 Å². The second kappa shape index (κ2) is 7.84. The smallest absolute Gasteiger partial charge is 0.226 e. The number of hydrogen-bond acceptors (Lipinski definition) is 3. The molecule has 1 N–H and O–H groups in total. The molecule has 112 valence electrons. The molecule has 21 heavy (non-hydrogen) atoms. The Morgan fingerprint density at radius 1 is 1.29 bits per heavy atom. The Kier molecular flexibility index (Phi) is 5.81. The summed E-state index contributed by atoms with van der Waals surface area (Å²) in [7, 11) is 0. The van der Waals surface area contributed by atoms with Crippen LogP contribution in [0.25, 0.3) is 0 Å². The maximum absolute atomic E-state index is 11.7. The maximum Gasteiger partial charge on any atom is 0.226 e. The molecule has 2 rings (SSSR count). The highest BCUT2D eigenvalue weighted by Gasteiger charge is 2.06. The highest BCUT2D eigenvalue weighted by molar-refractivity contribution is 6.30. The van der Waals surface area contributed by atoms with Crippen LogP contribution >= 0.6 is 11.6 Å². The number of rotatable bonds is 7. The molecule has 1 amide bonds. The van der Waals surface area contributed by atoms with Crippen LogP contribution in [0, 0.1) is 6.92 Å². The van der Waals surface area contributed by atoms with Crippen molar-refractivity contribution in [3.63, 3.8) is 0 Å². The van der Waals surface area contributed by atoms with Crippen LogP contribution in [-0.4, -0.2) is 17.6 Å². The van der Waals surface area contributed by atoms with Crippen molar-refractivity contribution < 1.29 is 9.32 Å². The number of carbonyl (C=O) groups excluding carboxylic acids is 1. The quantitative estimate of drug-likeness (QED) is 0.798. The Morgan fingerprint density at radius 2 is 2.05 bits per heavy atom. The molecule has 0 atom stereocenters. The number of nitrogens with one attached hydrogen (secondary N) is 1. The van der Waals surface area contributed by atoms with Gasteiger partial charge in [-0.3, -0.25) is 4.79 Å². The molecule has 1 aromatic carbocycles. The summed E-state index contributed by atoms with van der Waals surface area (Å²) in [5.41, 5.74) is 1.94. The normalized spacial score (nSPS) is 10.6. The SMILES string of the molecule is Cc1cc(CC(=O)NCCCCc2ccc(Cl)cc2)no1. The average molecular weight is 307 g/mol. The van der Waals surface area contributed by atoms with Gasteiger partial charge in [-0.15, -0.1) is 0 Å². The Hall–Kier alpha value is -1.81. The van der Waals surface area contributed by atoms with E-state index in [9.17, 15) is 4.79 Å². The van der Waals surface area contributed by atoms with Gasteiger partial charge in [-0.1, -0.05) is 28.9 Å². The highest BCUT2D eigenvalue weighted by Crippen LogP contribution is 2.11. The number of aryl methyl sites for hydroxylation is 2. The monoisotopic (exact) mass is 306 g/mol. The molecule has 0 radical (unpaired) electrons. The number of unbranched alkanes of at least 4 members (excludes halogenated alkanes) is 1. The number of amides is 1. The van der Waals surface area contributed by atoms with Gasteiger partial charge in [0.2, 0.25) is 5.91 Å². The lowest BCUT2D eigenvalue weighted by molar-refractivity contribution is -0.120. The van der Waals surface area contributed by atoms with E-state index < -0.39 is 0 Å². The summed E-state index contributed by atoms with van der Waals surface area (Å²) in [6.07, 6.45) is 3.25. The number of benzene rings is 1. The van der Waals surface area contributed by atoms with Crippen LogP contribution in [0.3, 0.4) is 0 Å². The molecule has 0 aliphatic heterocycles. The fourth-order valence-electron chi connectivity index (χ4n) is 2.06. The molecule has 0 spiro atoms. The van der Waals surface area contributed by atoms with Gasteiger partial charge in [0.15, 0.2) is 0 Å². The Bertz CT molecular complexity index is 578. The molecule has 1 heterocycles. The van der Waals surface area contributed by atoms with Crippen LogP contribution in [-0.2, 0) is 17.6 Å². The predicted molar refractivity (Wildman–Crippen MR) is 82.3 cm³/mol. The first-order valence-corrected chi connectivity index (χ1v) is 7.44. The average Bonchev–Trinajstić information content (AvgIpc) is 2.86. The third-order valence-corrected chi connectivity index (χ3v) is 3.40. The Labute approximate surface area is 129 Å². The summed E-state index contributed by atoms with van der Waals surface area (Å²) in [6.45, 7) is 2.49. The van der Waals surface area contributed by atoms with Crippen LogP contribution in [0.4, 0.5) is 0 Å². The second-order valence-electron chi connectivity index (χ2n) is 5.04. The molecule has 5 heteroatoms. The topological polar surface area (TPSA) is 55.1 Å². The lowest BCUT2D eigenvalue weighted by atomic mass is 10.1. The largest absolute Gasteiger partial charge is 0.361 e. The molecule has 0 unspecified atom stereocenters. The molecule has 0 saturated heterocycles. The van der Waals surface area contributed by atoms with E-state index in [1.807, 2.05) is 31.2 Å². The van der Waals surface area contributed by atoms with Crippen molar-refractivity contribution in [2.75, 3.05) is 6.54 Å². The zero-order valence-corrected chi connectivity index (χ0v) is 12.8. The number of halogens is 1. The van der Waals surface area contributed by atoms with Gasteiger partial charge in [0.05, 0.1) is 12.1 Å². The van der Waals surface area contributed by atoms with Crippen LogP contribution in [0.1, 0.15) is 29.9 Å². The highest BCUT2D eigenvalue weighted by atomic mass is 35.5. The van der Waals surface area contributed by atoms with Crippen molar-refractivity contribution in [1.82, 2.24) is 10.5 Å².